The number of hydrogen-bond donors (Lipinski definition) is 2. The van der Waals surface area contributed by atoms with Gasteiger partial charge in [0.15, 0.2) is 18.1 Å². The van der Waals surface area contributed by atoms with Crippen LogP contribution in [0, 0.1) is 0 Å². The Hall–Kier alpha value is -1.85. The number of hydrogen-bond acceptors (Lipinski definition) is 6. The summed E-state index contributed by atoms with van der Waals surface area (Å²) in [4.78, 5) is 0. The van der Waals surface area contributed by atoms with Gasteiger partial charge in [-0.3, -0.25) is 0 Å². The highest BCUT2D eigenvalue weighted by Crippen LogP contribution is 2.11. The van der Waals surface area contributed by atoms with E-state index in [1.807, 2.05) is 0 Å². The summed E-state index contributed by atoms with van der Waals surface area (Å²) in [5, 5.41) is 12.3. The van der Waals surface area contributed by atoms with Crippen LogP contribution in [0.5, 0.6) is 0 Å². The molecule has 0 aromatic rings. The Bertz CT molecular complexity index is 285. The Balaban J connectivity index is 4.37. The second-order valence-electron chi connectivity index (χ2n) is 2.59. The molecule has 0 aromatic heterocycles. The quantitative estimate of drug-likeness (QED) is 0.179. The fraction of sp³-hybridized carbons (Fsp3) is 0.500. The first-order valence-electron chi connectivity index (χ1n) is 4.80. The number of nitrogens with two attached hydrogens (primary N) is 1. The number of rotatable bonds is 6. The number of aliphatic hydroxyl groups excluding tert-OH is 1. The standard InChI is InChI=1S/C10H18N2O4/c1-4-8(14-3)9(6-13)16-7-10(12-11)15-5-2/h4,6,13H,5,7,11H2,1-3H3/b8-4+,9-6+,12-10?. The first-order chi connectivity index (χ1) is 7.73. The van der Waals surface area contributed by atoms with Crippen molar-refractivity contribution in [3.63, 3.8) is 0 Å². The lowest BCUT2D eigenvalue weighted by molar-refractivity contribution is 0.176. The van der Waals surface area contributed by atoms with E-state index in [9.17, 15) is 0 Å². The molecule has 0 spiro atoms. The normalized spacial score (nSPS) is 13.6. The van der Waals surface area contributed by atoms with Crippen LogP contribution in [0.25, 0.3) is 0 Å². The molecule has 0 aliphatic heterocycles. The molecule has 0 fully saturated rings. The zero-order chi connectivity index (χ0) is 12.4. The van der Waals surface area contributed by atoms with E-state index >= 15 is 0 Å². The maximum Gasteiger partial charge on any atom is 0.243 e. The van der Waals surface area contributed by atoms with E-state index in [-0.39, 0.29) is 18.3 Å². The lowest BCUT2D eigenvalue weighted by Crippen LogP contribution is -2.15. The zero-order valence-corrected chi connectivity index (χ0v) is 9.77. The minimum absolute atomic E-state index is 0.0252. The summed E-state index contributed by atoms with van der Waals surface area (Å²) >= 11 is 0. The van der Waals surface area contributed by atoms with Crippen molar-refractivity contribution in [1.82, 2.24) is 0 Å². The third kappa shape index (κ3) is 4.59. The molecule has 0 radical (unpaired) electrons. The Kier molecular flexibility index (Phi) is 7.48. The maximum absolute atomic E-state index is 8.95. The lowest BCUT2D eigenvalue weighted by atomic mass is 10.4. The topological polar surface area (TPSA) is 86.3 Å². The highest BCUT2D eigenvalue weighted by molar-refractivity contribution is 5.77. The van der Waals surface area contributed by atoms with Gasteiger partial charge in [0.25, 0.3) is 0 Å². The van der Waals surface area contributed by atoms with Crippen LogP contribution >= 0.6 is 0 Å². The Morgan fingerprint density at radius 1 is 1.38 bits per heavy atom. The third-order valence-corrected chi connectivity index (χ3v) is 1.65. The molecule has 0 unspecified atom stereocenters. The largest absolute Gasteiger partial charge is 0.512 e. The van der Waals surface area contributed by atoms with Crippen LogP contribution in [0.4, 0.5) is 0 Å². The van der Waals surface area contributed by atoms with Crippen molar-refractivity contribution in [3.8, 4) is 0 Å². The first kappa shape index (κ1) is 14.2. The predicted octanol–water partition coefficient (Wildman–Crippen LogP) is 1.26. The van der Waals surface area contributed by atoms with Crippen molar-refractivity contribution in [2.24, 2.45) is 10.9 Å². The predicted molar refractivity (Wildman–Crippen MR) is 60.7 cm³/mol. The molecule has 0 saturated carbocycles. The summed E-state index contributed by atoms with van der Waals surface area (Å²) < 4.78 is 15.3. The van der Waals surface area contributed by atoms with E-state index in [0.29, 0.717) is 12.4 Å². The average Bonchev–Trinajstić information content (AvgIpc) is 2.32. The molecule has 0 aliphatic rings. The molecule has 0 rings (SSSR count). The smallest absolute Gasteiger partial charge is 0.243 e. The van der Waals surface area contributed by atoms with Crippen LogP contribution in [0.2, 0.25) is 0 Å². The SMILES string of the molecule is C/C=C(OC)\C(=C/O)OCC(=NN)OCC. The molecule has 6 nitrogen and oxygen atoms in total. The second-order valence-corrected chi connectivity index (χ2v) is 2.59. The molecule has 0 heterocycles. The van der Waals surface area contributed by atoms with Gasteiger partial charge >= 0.3 is 0 Å². The van der Waals surface area contributed by atoms with Gasteiger partial charge in [0.05, 0.1) is 13.7 Å². The van der Waals surface area contributed by atoms with E-state index in [1.165, 1.54) is 7.11 Å². The van der Waals surface area contributed by atoms with Gasteiger partial charge in [-0.05, 0) is 19.9 Å². The second kappa shape index (κ2) is 8.46. The van der Waals surface area contributed by atoms with E-state index in [4.69, 9.17) is 25.2 Å². The van der Waals surface area contributed by atoms with E-state index in [1.54, 1.807) is 19.9 Å². The molecule has 92 valence electrons. The molecule has 0 aromatic carbocycles. The fourth-order valence-corrected chi connectivity index (χ4v) is 0.955. The number of allylic oxidation sites excluding steroid dienone is 1. The monoisotopic (exact) mass is 230 g/mol. The van der Waals surface area contributed by atoms with Crippen molar-refractivity contribution in [2.75, 3.05) is 20.3 Å². The van der Waals surface area contributed by atoms with Crippen molar-refractivity contribution in [3.05, 3.63) is 23.9 Å². The van der Waals surface area contributed by atoms with Gasteiger partial charge in [-0.25, -0.2) is 0 Å². The van der Waals surface area contributed by atoms with Gasteiger partial charge < -0.3 is 25.2 Å². The molecule has 0 bridgehead atoms. The van der Waals surface area contributed by atoms with Crippen molar-refractivity contribution >= 4 is 5.90 Å². The summed E-state index contributed by atoms with van der Waals surface area (Å²) in [6, 6.07) is 0. The number of methoxy groups -OCH3 is 1. The first-order valence-corrected chi connectivity index (χ1v) is 4.80. The van der Waals surface area contributed by atoms with E-state index in [0.717, 1.165) is 6.26 Å². The maximum atomic E-state index is 8.95. The third-order valence-electron chi connectivity index (χ3n) is 1.65. The fourth-order valence-electron chi connectivity index (χ4n) is 0.955. The van der Waals surface area contributed by atoms with Crippen LogP contribution < -0.4 is 5.84 Å². The van der Waals surface area contributed by atoms with Gasteiger partial charge in [0, 0.05) is 0 Å². The minimum Gasteiger partial charge on any atom is -0.512 e. The average molecular weight is 230 g/mol. The Morgan fingerprint density at radius 2 is 2.06 bits per heavy atom. The van der Waals surface area contributed by atoms with Crippen LogP contribution in [-0.4, -0.2) is 31.3 Å². The Labute approximate surface area is 95.0 Å². The van der Waals surface area contributed by atoms with E-state index in [2.05, 4.69) is 5.10 Å². The molecule has 0 amide bonds. The van der Waals surface area contributed by atoms with Crippen LogP contribution in [0.3, 0.4) is 0 Å². The minimum atomic E-state index is 0.0252. The molecule has 0 aliphatic carbocycles. The van der Waals surface area contributed by atoms with Crippen molar-refractivity contribution in [1.29, 1.82) is 0 Å². The van der Waals surface area contributed by atoms with Crippen LogP contribution in [0.15, 0.2) is 29.0 Å². The summed E-state index contributed by atoms with van der Waals surface area (Å²) in [5.41, 5.74) is 0. The van der Waals surface area contributed by atoms with Gasteiger partial charge in [-0.2, -0.15) is 0 Å². The summed E-state index contributed by atoms with van der Waals surface area (Å²) in [5.74, 6) is 5.93. The zero-order valence-electron chi connectivity index (χ0n) is 9.77. The van der Waals surface area contributed by atoms with Gasteiger partial charge in [0.1, 0.15) is 6.26 Å². The Morgan fingerprint density at radius 3 is 2.44 bits per heavy atom. The summed E-state index contributed by atoms with van der Waals surface area (Å²) in [6.45, 7) is 4.03. The molecular weight excluding hydrogens is 212 g/mol. The molecular formula is C10H18N2O4. The molecule has 0 atom stereocenters. The van der Waals surface area contributed by atoms with Gasteiger partial charge in [-0.1, -0.05) is 0 Å². The number of nitrogens with zero attached hydrogens (tertiary/aromatic N) is 1. The van der Waals surface area contributed by atoms with Gasteiger partial charge in [0.2, 0.25) is 5.90 Å². The molecule has 0 saturated heterocycles. The van der Waals surface area contributed by atoms with Crippen molar-refractivity contribution in [2.45, 2.75) is 13.8 Å². The van der Waals surface area contributed by atoms with Gasteiger partial charge in [-0.15, -0.1) is 5.10 Å². The highest BCUT2D eigenvalue weighted by atomic mass is 16.6. The number of aliphatic hydroxyl groups is 1. The highest BCUT2D eigenvalue weighted by Gasteiger charge is 2.08. The van der Waals surface area contributed by atoms with E-state index < -0.39 is 0 Å². The van der Waals surface area contributed by atoms with Crippen LogP contribution in [0.1, 0.15) is 13.8 Å². The molecule has 6 heteroatoms. The molecule has 16 heavy (non-hydrogen) atoms. The van der Waals surface area contributed by atoms with Crippen LogP contribution in [-0.2, 0) is 14.2 Å². The lowest BCUT2D eigenvalue weighted by Gasteiger charge is -2.12. The summed E-state index contributed by atoms with van der Waals surface area (Å²) in [6.07, 6.45) is 2.46. The molecule has 3 N–H and O–H groups in total. The summed E-state index contributed by atoms with van der Waals surface area (Å²) in [7, 11) is 1.47. The van der Waals surface area contributed by atoms with Crippen molar-refractivity contribution < 1.29 is 19.3 Å². The number of ether oxygens (including phenoxy) is 3. The number of hydrazone groups is 1.